The fourth-order valence-corrected chi connectivity index (χ4v) is 2.40. The van der Waals surface area contributed by atoms with Crippen LogP contribution in [0.2, 0.25) is 5.02 Å². The van der Waals surface area contributed by atoms with Crippen molar-refractivity contribution in [3.8, 4) is 0 Å². The topological polar surface area (TPSA) is 46.9 Å². The van der Waals surface area contributed by atoms with E-state index in [9.17, 15) is 4.79 Å². The van der Waals surface area contributed by atoms with Gasteiger partial charge in [-0.2, -0.15) is 0 Å². The summed E-state index contributed by atoms with van der Waals surface area (Å²) in [5.74, 6) is 0.825. The third-order valence-corrected chi connectivity index (χ3v) is 3.20. The summed E-state index contributed by atoms with van der Waals surface area (Å²) < 4.78 is 1.80. The van der Waals surface area contributed by atoms with Crippen LogP contribution in [0.15, 0.2) is 18.2 Å². The summed E-state index contributed by atoms with van der Waals surface area (Å²) in [6.07, 6.45) is 0. The van der Waals surface area contributed by atoms with E-state index >= 15 is 0 Å². The molecule has 0 aliphatic rings. The Kier molecular flexibility index (Phi) is 4.25. The molecule has 1 amide bonds. The Morgan fingerprint density at radius 1 is 1.40 bits per heavy atom. The molecule has 0 bridgehead atoms. The molecule has 6 heteroatoms. The number of carbonyl (C=O) groups excluding carboxylic acids is 1. The normalized spacial score (nSPS) is 11.8. The van der Waals surface area contributed by atoms with Crippen molar-refractivity contribution < 1.29 is 4.79 Å². The number of imidazole rings is 1. The quantitative estimate of drug-likeness (QED) is 0.883. The van der Waals surface area contributed by atoms with Crippen LogP contribution in [-0.4, -0.2) is 21.0 Å². The molecule has 1 aromatic heterocycles. The van der Waals surface area contributed by atoms with Crippen molar-refractivity contribution in [3.05, 3.63) is 29.0 Å². The van der Waals surface area contributed by atoms with Crippen LogP contribution in [0.1, 0.15) is 26.6 Å². The van der Waals surface area contributed by atoms with Gasteiger partial charge in [0.1, 0.15) is 12.4 Å². The van der Waals surface area contributed by atoms with Crippen LogP contribution < -0.4 is 5.32 Å². The molecule has 1 aromatic carbocycles. The molecular formula is C14H17Cl2N3O. The van der Waals surface area contributed by atoms with Gasteiger partial charge < -0.3 is 9.88 Å². The second kappa shape index (κ2) is 5.62. The van der Waals surface area contributed by atoms with Crippen molar-refractivity contribution >= 4 is 40.1 Å². The third-order valence-electron chi connectivity index (χ3n) is 2.72. The zero-order valence-corrected chi connectivity index (χ0v) is 13.2. The van der Waals surface area contributed by atoms with E-state index in [1.807, 2.05) is 26.8 Å². The Bertz CT molecular complexity index is 644. The smallest absolute Gasteiger partial charge is 0.240 e. The molecule has 0 radical (unpaired) electrons. The minimum atomic E-state index is -0.272. The summed E-state index contributed by atoms with van der Waals surface area (Å²) in [4.78, 5) is 16.5. The molecule has 108 valence electrons. The number of aromatic nitrogens is 2. The van der Waals surface area contributed by atoms with Crippen molar-refractivity contribution in [1.82, 2.24) is 14.9 Å². The molecule has 0 aliphatic carbocycles. The minimum absolute atomic E-state index is 0.0804. The minimum Gasteiger partial charge on any atom is -0.350 e. The Labute approximate surface area is 128 Å². The lowest BCUT2D eigenvalue weighted by Gasteiger charge is -2.21. The summed E-state index contributed by atoms with van der Waals surface area (Å²) in [6.45, 7) is 6.00. The summed E-state index contributed by atoms with van der Waals surface area (Å²) in [7, 11) is 0. The number of hydrogen-bond acceptors (Lipinski definition) is 2. The summed E-state index contributed by atoms with van der Waals surface area (Å²) in [5.41, 5.74) is 1.33. The molecule has 4 nitrogen and oxygen atoms in total. The highest BCUT2D eigenvalue weighted by atomic mass is 35.5. The van der Waals surface area contributed by atoms with E-state index < -0.39 is 0 Å². The Balaban J connectivity index is 2.37. The first-order valence-corrected chi connectivity index (χ1v) is 7.23. The molecule has 1 heterocycles. The Hall–Kier alpha value is -1.26. The molecule has 0 saturated carbocycles. The fraction of sp³-hybridized carbons (Fsp3) is 0.429. The van der Waals surface area contributed by atoms with Crippen LogP contribution in [-0.2, 0) is 17.2 Å². The maximum atomic E-state index is 12.1. The summed E-state index contributed by atoms with van der Waals surface area (Å²) >= 11 is 11.9. The highest BCUT2D eigenvalue weighted by Crippen LogP contribution is 2.21. The predicted molar refractivity (Wildman–Crippen MR) is 82.2 cm³/mol. The van der Waals surface area contributed by atoms with Crippen LogP contribution in [0.25, 0.3) is 11.0 Å². The summed E-state index contributed by atoms with van der Waals surface area (Å²) in [5, 5.41) is 3.53. The largest absolute Gasteiger partial charge is 0.350 e. The number of alkyl halides is 1. The van der Waals surface area contributed by atoms with Gasteiger partial charge in [-0.15, -0.1) is 11.6 Å². The first kappa shape index (κ1) is 15.1. The van der Waals surface area contributed by atoms with Gasteiger partial charge in [0, 0.05) is 10.6 Å². The van der Waals surface area contributed by atoms with Crippen molar-refractivity contribution in [3.63, 3.8) is 0 Å². The molecule has 2 aromatic rings. The number of fused-ring (bicyclic) bond motifs is 1. The fourth-order valence-electron chi connectivity index (χ4n) is 2.03. The number of halogens is 2. The number of amides is 1. The predicted octanol–water partition coefficient (Wildman–Crippen LogP) is 3.34. The van der Waals surface area contributed by atoms with E-state index in [4.69, 9.17) is 23.2 Å². The van der Waals surface area contributed by atoms with Crippen molar-refractivity contribution in [2.45, 2.75) is 38.7 Å². The Morgan fingerprint density at radius 2 is 2.10 bits per heavy atom. The van der Waals surface area contributed by atoms with Gasteiger partial charge in [-0.25, -0.2) is 4.98 Å². The lowest BCUT2D eigenvalue weighted by molar-refractivity contribution is -0.123. The van der Waals surface area contributed by atoms with E-state index in [1.54, 1.807) is 16.7 Å². The zero-order chi connectivity index (χ0) is 14.9. The van der Waals surface area contributed by atoms with Gasteiger partial charge in [0.15, 0.2) is 0 Å². The molecule has 2 rings (SSSR count). The highest BCUT2D eigenvalue weighted by Gasteiger charge is 2.17. The molecule has 20 heavy (non-hydrogen) atoms. The number of benzene rings is 1. The number of carbonyl (C=O) groups is 1. The van der Waals surface area contributed by atoms with Gasteiger partial charge in [0.25, 0.3) is 0 Å². The average Bonchev–Trinajstić information content (AvgIpc) is 2.64. The monoisotopic (exact) mass is 313 g/mol. The second-order valence-electron chi connectivity index (χ2n) is 5.68. The van der Waals surface area contributed by atoms with Gasteiger partial charge >= 0.3 is 0 Å². The van der Waals surface area contributed by atoms with Crippen LogP contribution in [0, 0.1) is 0 Å². The number of nitrogens with one attached hydrogen (secondary N) is 1. The first-order valence-electron chi connectivity index (χ1n) is 6.32. The average molecular weight is 314 g/mol. The molecule has 0 fully saturated rings. The Morgan fingerprint density at radius 3 is 2.70 bits per heavy atom. The van der Waals surface area contributed by atoms with Gasteiger partial charge in [0.2, 0.25) is 5.91 Å². The molecule has 0 atom stereocenters. The van der Waals surface area contributed by atoms with Crippen LogP contribution in [0.4, 0.5) is 0 Å². The van der Waals surface area contributed by atoms with Crippen LogP contribution >= 0.6 is 23.2 Å². The lowest BCUT2D eigenvalue weighted by Crippen LogP contribution is -2.42. The molecule has 1 N–H and O–H groups in total. The number of rotatable bonds is 3. The second-order valence-corrected chi connectivity index (χ2v) is 6.38. The van der Waals surface area contributed by atoms with E-state index in [0.29, 0.717) is 10.8 Å². The molecule has 0 unspecified atom stereocenters. The van der Waals surface area contributed by atoms with E-state index in [0.717, 1.165) is 11.0 Å². The maximum Gasteiger partial charge on any atom is 0.240 e. The number of nitrogens with zero attached hydrogens (tertiary/aromatic N) is 2. The van der Waals surface area contributed by atoms with Crippen LogP contribution in [0.5, 0.6) is 0 Å². The molecular weight excluding hydrogens is 297 g/mol. The van der Waals surface area contributed by atoms with Gasteiger partial charge in [-0.3, -0.25) is 4.79 Å². The molecule has 0 aliphatic heterocycles. The van der Waals surface area contributed by atoms with Crippen molar-refractivity contribution in [2.24, 2.45) is 0 Å². The van der Waals surface area contributed by atoms with Crippen molar-refractivity contribution in [2.75, 3.05) is 0 Å². The van der Waals surface area contributed by atoms with E-state index in [1.165, 1.54) is 0 Å². The SMILES string of the molecule is CC(C)(C)NC(=O)Cn1c(CCl)nc2ccc(Cl)cc21. The van der Waals surface area contributed by atoms with Crippen LogP contribution in [0.3, 0.4) is 0 Å². The van der Waals surface area contributed by atoms with E-state index in [-0.39, 0.29) is 23.9 Å². The third kappa shape index (κ3) is 3.44. The molecule has 0 saturated heterocycles. The maximum absolute atomic E-state index is 12.1. The molecule has 0 spiro atoms. The number of hydrogen-bond donors (Lipinski definition) is 1. The zero-order valence-electron chi connectivity index (χ0n) is 11.7. The lowest BCUT2D eigenvalue weighted by atomic mass is 10.1. The highest BCUT2D eigenvalue weighted by molar-refractivity contribution is 6.31. The van der Waals surface area contributed by atoms with Gasteiger partial charge in [-0.05, 0) is 39.0 Å². The van der Waals surface area contributed by atoms with Crippen molar-refractivity contribution in [1.29, 1.82) is 0 Å². The van der Waals surface area contributed by atoms with Gasteiger partial charge in [-0.1, -0.05) is 11.6 Å². The standard InChI is InChI=1S/C14H17Cl2N3O/c1-14(2,3)18-13(20)8-19-11-6-9(16)4-5-10(11)17-12(19)7-15/h4-6H,7-8H2,1-3H3,(H,18,20). The summed E-state index contributed by atoms with van der Waals surface area (Å²) in [6, 6.07) is 5.39. The van der Waals surface area contributed by atoms with Gasteiger partial charge in [0.05, 0.1) is 16.9 Å². The van der Waals surface area contributed by atoms with E-state index in [2.05, 4.69) is 10.3 Å². The first-order chi connectivity index (χ1) is 9.30.